The van der Waals surface area contributed by atoms with Gasteiger partial charge in [0.1, 0.15) is 5.82 Å². The molecule has 0 aliphatic heterocycles. The molecule has 0 saturated carbocycles. The number of halogens is 1. The first-order valence-corrected chi connectivity index (χ1v) is 4.01. The fraction of sp³-hybridized carbons (Fsp3) is 0.400. The van der Waals surface area contributed by atoms with E-state index < -0.39 is 0 Å². The molecule has 0 spiro atoms. The molecule has 0 saturated heterocycles. The average molecular weight is 168 g/mol. The molecule has 0 unspecified atom stereocenters. The Morgan fingerprint density at radius 1 is 1.25 bits per heavy atom. The largest absolute Gasteiger partial charge is 0.396 e. The van der Waals surface area contributed by atoms with E-state index in [9.17, 15) is 4.39 Å². The second kappa shape index (κ2) is 3.68. The summed E-state index contributed by atoms with van der Waals surface area (Å²) in [4.78, 5) is 0. The van der Waals surface area contributed by atoms with Crippen LogP contribution in [0.15, 0.2) is 12.1 Å². The van der Waals surface area contributed by atoms with E-state index in [-0.39, 0.29) is 12.4 Å². The monoisotopic (exact) mass is 168 g/mol. The number of benzene rings is 1. The second-order valence-corrected chi connectivity index (χ2v) is 3.00. The molecule has 0 aliphatic rings. The van der Waals surface area contributed by atoms with Crippen LogP contribution in [0.3, 0.4) is 0 Å². The standard InChI is InChI=1S/C10H13FO/c1-7-5-9(3-4-12)10(11)6-8(7)2/h5-6,12H,3-4H2,1-2H3. The minimum absolute atomic E-state index is 0.000574. The summed E-state index contributed by atoms with van der Waals surface area (Å²) in [5.74, 6) is -0.216. The third-order valence-electron chi connectivity index (χ3n) is 2.04. The Kier molecular flexibility index (Phi) is 2.82. The summed E-state index contributed by atoms with van der Waals surface area (Å²) in [6.07, 6.45) is 0.396. The molecule has 0 fully saturated rings. The van der Waals surface area contributed by atoms with Crippen molar-refractivity contribution in [2.75, 3.05) is 6.61 Å². The van der Waals surface area contributed by atoms with Crippen molar-refractivity contribution in [3.8, 4) is 0 Å². The van der Waals surface area contributed by atoms with Crippen molar-refractivity contribution in [3.05, 3.63) is 34.6 Å². The van der Waals surface area contributed by atoms with E-state index in [0.29, 0.717) is 12.0 Å². The smallest absolute Gasteiger partial charge is 0.126 e. The van der Waals surface area contributed by atoms with Crippen LogP contribution in [0.4, 0.5) is 4.39 Å². The molecule has 1 aromatic carbocycles. The maximum atomic E-state index is 13.1. The summed E-state index contributed by atoms with van der Waals surface area (Å²) >= 11 is 0. The van der Waals surface area contributed by atoms with Crippen molar-refractivity contribution in [2.24, 2.45) is 0 Å². The second-order valence-electron chi connectivity index (χ2n) is 3.00. The zero-order chi connectivity index (χ0) is 9.14. The molecule has 0 aliphatic carbocycles. The van der Waals surface area contributed by atoms with Gasteiger partial charge < -0.3 is 5.11 Å². The first-order chi connectivity index (χ1) is 5.65. The molecule has 1 rings (SSSR count). The highest BCUT2D eigenvalue weighted by molar-refractivity contribution is 5.31. The number of hydrogen-bond acceptors (Lipinski definition) is 1. The van der Waals surface area contributed by atoms with Gasteiger partial charge in [0, 0.05) is 6.61 Å². The van der Waals surface area contributed by atoms with Crippen LogP contribution in [-0.2, 0) is 6.42 Å². The SMILES string of the molecule is Cc1cc(F)c(CCO)cc1C. The molecule has 0 radical (unpaired) electrons. The van der Waals surface area contributed by atoms with E-state index in [4.69, 9.17) is 5.11 Å². The number of aliphatic hydroxyl groups excluding tert-OH is 1. The van der Waals surface area contributed by atoms with E-state index in [1.807, 2.05) is 13.8 Å². The Hall–Kier alpha value is -0.890. The lowest BCUT2D eigenvalue weighted by molar-refractivity contribution is 0.297. The topological polar surface area (TPSA) is 20.2 Å². The molecular weight excluding hydrogens is 155 g/mol. The maximum absolute atomic E-state index is 13.1. The lowest BCUT2D eigenvalue weighted by atomic mass is 10.0. The van der Waals surface area contributed by atoms with Gasteiger partial charge in [0.05, 0.1) is 0 Å². The number of rotatable bonds is 2. The highest BCUT2D eigenvalue weighted by Gasteiger charge is 2.03. The maximum Gasteiger partial charge on any atom is 0.126 e. The summed E-state index contributed by atoms with van der Waals surface area (Å²) in [6.45, 7) is 3.82. The lowest BCUT2D eigenvalue weighted by Gasteiger charge is -2.05. The number of aryl methyl sites for hydroxylation is 2. The van der Waals surface area contributed by atoms with Gasteiger partial charge in [-0.3, -0.25) is 0 Å². The van der Waals surface area contributed by atoms with E-state index in [2.05, 4.69) is 0 Å². The van der Waals surface area contributed by atoms with Gasteiger partial charge >= 0.3 is 0 Å². The van der Waals surface area contributed by atoms with E-state index in [0.717, 1.165) is 11.1 Å². The van der Waals surface area contributed by atoms with Crippen molar-refractivity contribution < 1.29 is 9.50 Å². The molecular formula is C10H13FO. The van der Waals surface area contributed by atoms with Crippen molar-refractivity contribution in [3.63, 3.8) is 0 Å². The molecule has 0 atom stereocenters. The first-order valence-electron chi connectivity index (χ1n) is 4.01. The molecule has 0 heterocycles. The van der Waals surface area contributed by atoms with Crippen molar-refractivity contribution >= 4 is 0 Å². The van der Waals surface area contributed by atoms with E-state index in [1.165, 1.54) is 6.07 Å². The summed E-state index contributed by atoms with van der Waals surface area (Å²) in [6, 6.07) is 3.31. The summed E-state index contributed by atoms with van der Waals surface area (Å²) in [7, 11) is 0. The zero-order valence-electron chi connectivity index (χ0n) is 7.39. The summed E-state index contributed by atoms with van der Waals surface area (Å²) in [5, 5.41) is 8.64. The average Bonchev–Trinajstić information content (AvgIpc) is 2.01. The third-order valence-corrected chi connectivity index (χ3v) is 2.04. The van der Waals surface area contributed by atoms with Crippen LogP contribution in [-0.4, -0.2) is 11.7 Å². The molecule has 12 heavy (non-hydrogen) atoms. The van der Waals surface area contributed by atoms with Gasteiger partial charge in [-0.2, -0.15) is 0 Å². The normalized spacial score (nSPS) is 10.3. The van der Waals surface area contributed by atoms with Gasteiger partial charge in [0.15, 0.2) is 0 Å². The van der Waals surface area contributed by atoms with Crippen LogP contribution < -0.4 is 0 Å². The van der Waals surface area contributed by atoms with E-state index in [1.54, 1.807) is 6.07 Å². The Balaban J connectivity index is 3.05. The molecule has 1 N–H and O–H groups in total. The molecule has 0 bridgehead atoms. The molecule has 66 valence electrons. The van der Waals surface area contributed by atoms with E-state index >= 15 is 0 Å². The number of aliphatic hydroxyl groups is 1. The highest BCUT2D eigenvalue weighted by Crippen LogP contribution is 2.14. The van der Waals surface area contributed by atoms with Gasteiger partial charge in [-0.1, -0.05) is 6.07 Å². The summed E-state index contributed by atoms with van der Waals surface area (Å²) in [5.41, 5.74) is 2.62. The first kappa shape index (κ1) is 9.20. The minimum atomic E-state index is -0.216. The van der Waals surface area contributed by atoms with Crippen LogP contribution in [0.1, 0.15) is 16.7 Å². The van der Waals surface area contributed by atoms with Crippen LogP contribution in [0.5, 0.6) is 0 Å². The van der Waals surface area contributed by atoms with Crippen molar-refractivity contribution in [2.45, 2.75) is 20.3 Å². The Morgan fingerprint density at radius 3 is 2.42 bits per heavy atom. The van der Waals surface area contributed by atoms with Crippen LogP contribution >= 0.6 is 0 Å². The predicted octanol–water partition coefficient (Wildman–Crippen LogP) is 1.98. The van der Waals surface area contributed by atoms with Crippen molar-refractivity contribution in [1.29, 1.82) is 0 Å². The predicted molar refractivity (Wildman–Crippen MR) is 46.7 cm³/mol. The van der Waals surface area contributed by atoms with Gasteiger partial charge in [0.25, 0.3) is 0 Å². The minimum Gasteiger partial charge on any atom is -0.396 e. The zero-order valence-corrected chi connectivity index (χ0v) is 7.39. The quantitative estimate of drug-likeness (QED) is 0.715. The Bertz CT molecular complexity index is 281. The summed E-state index contributed by atoms with van der Waals surface area (Å²) < 4.78 is 13.1. The molecule has 1 nitrogen and oxygen atoms in total. The third kappa shape index (κ3) is 1.83. The van der Waals surface area contributed by atoms with Gasteiger partial charge in [-0.25, -0.2) is 4.39 Å². The Labute approximate surface area is 71.9 Å². The van der Waals surface area contributed by atoms with Crippen LogP contribution in [0.2, 0.25) is 0 Å². The van der Waals surface area contributed by atoms with Crippen molar-refractivity contribution in [1.82, 2.24) is 0 Å². The van der Waals surface area contributed by atoms with Crippen LogP contribution in [0, 0.1) is 19.7 Å². The number of hydrogen-bond donors (Lipinski definition) is 1. The molecule has 0 amide bonds. The fourth-order valence-corrected chi connectivity index (χ4v) is 1.15. The molecule has 0 aromatic heterocycles. The van der Waals surface area contributed by atoms with Gasteiger partial charge in [0.2, 0.25) is 0 Å². The Morgan fingerprint density at radius 2 is 1.83 bits per heavy atom. The highest BCUT2D eigenvalue weighted by atomic mass is 19.1. The lowest BCUT2D eigenvalue weighted by Crippen LogP contribution is -1.97. The molecule has 1 aromatic rings. The van der Waals surface area contributed by atoms with Gasteiger partial charge in [-0.05, 0) is 43.0 Å². The molecule has 2 heteroatoms. The van der Waals surface area contributed by atoms with Gasteiger partial charge in [-0.15, -0.1) is 0 Å². The fourth-order valence-electron chi connectivity index (χ4n) is 1.15. The van der Waals surface area contributed by atoms with Crippen LogP contribution in [0.25, 0.3) is 0 Å².